The summed E-state index contributed by atoms with van der Waals surface area (Å²) in [5.74, 6) is -0.984. The summed E-state index contributed by atoms with van der Waals surface area (Å²) < 4.78 is 17.4. The molecule has 128 valence electrons. The van der Waals surface area contributed by atoms with Gasteiger partial charge in [0.15, 0.2) is 5.79 Å². The van der Waals surface area contributed by atoms with Gasteiger partial charge in [0.25, 0.3) is 0 Å². The quantitative estimate of drug-likeness (QED) is 0.725. The van der Waals surface area contributed by atoms with Crippen molar-refractivity contribution in [2.75, 3.05) is 7.11 Å². The molecule has 1 aliphatic heterocycles. The molecule has 0 radical (unpaired) electrons. The summed E-state index contributed by atoms with van der Waals surface area (Å²) >= 11 is 6.48. The van der Waals surface area contributed by atoms with Crippen LogP contribution in [0.1, 0.15) is 37.8 Å². The zero-order chi connectivity index (χ0) is 17.1. The van der Waals surface area contributed by atoms with Gasteiger partial charge in [0.05, 0.1) is 24.7 Å². The predicted octanol–water partition coefficient (Wildman–Crippen LogP) is 3.75. The molecule has 4 rings (SSSR count). The Morgan fingerprint density at radius 1 is 1.25 bits per heavy atom. The van der Waals surface area contributed by atoms with Crippen LogP contribution in [0.15, 0.2) is 24.3 Å². The van der Waals surface area contributed by atoms with Gasteiger partial charge < -0.3 is 14.2 Å². The zero-order valence-corrected chi connectivity index (χ0v) is 14.9. The monoisotopic (exact) mass is 348 g/mol. The van der Waals surface area contributed by atoms with Crippen LogP contribution in [0.5, 0.6) is 0 Å². The van der Waals surface area contributed by atoms with E-state index in [2.05, 4.69) is 0 Å². The van der Waals surface area contributed by atoms with Crippen LogP contribution in [0.2, 0.25) is 5.02 Å². The number of methoxy groups -OCH3 is 1. The summed E-state index contributed by atoms with van der Waals surface area (Å²) in [7, 11) is 1.44. The molecule has 1 aromatic rings. The van der Waals surface area contributed by atoms with Gasteiger partial charge in [0, 0.05) is 17.0 Å². The second-order valence-corrected chi connectivity index (χ2v) is 7.45. The van der Waals surface area contributed by atoms with Crippen LogP contribution in [0, 0.1) is 5.41 Å². The Morgan fingerprint density at radius 3 is 2.62 bits per heavy atom. The van der Waals surface area contributed by atoms with Gasteiger partial charge in [0.1, 0.15) is 0 Å². The first kappa shape index (κ1) is 16.1. The smallest absolute Gasteiger partial charge is 0.316 e. The van der Waals surface area contributed by atoms with Crippen molar-refractivity contribution in [1.82, 2.24) is 0 Å². The van der Waals surface area contributed by atoms with Crippen molar-refractivity contribution >= 4 is 23.1 Å². The van der Waals surface area contributed by atoms with Crippen molar-refractivity contribution in [2.45, 2.75) is 51.1 Å². The third kappa shape index (κ3) is 2.10. The van der Waals surface area contributed by atoms with E-state index in [0.717, 1.165) is 16.7 Å². The number of hydrogen-bond acceptors (Lipinski definition) is 4. The topological polar surface area (TPSA) is 44.8 Å². The summed E-state index contributed by atoms with van der Waals surface area (Å²) in [6.07, 6.45) is 3.87. The highest BCUT2D eigenvalue weighted by atomic mass is 35.5. The van der Waals surface area contributed by atoms with Gasteiger partial charge in [-0.1, -0.05) is 23.7 Å². The Morgan fingerprint density at radius 2 is 1.96 bits per heavy atom. The van der Waals surface area contributed by atoms with E-state index in [0.29, 0.717) is 24.3 Å². The Hall–Kier alpha value is -1.36. The molecule has 4 nitrogen and oxygen atoms in total. The molecule has 0 N–H and O–H groups in total. The minimum absolute atomic E-state index is 0.0135. The third-order valence-corrected chi connectivity index (χ3v) is 5.96. The van der Waals surface area contributed by atoms with E-state index in [1.165, 1.54) is 7.11 Å². The van der Waals surface area contributed by atoms with Gasteiger partial charge in [-0.25, -0.2) is 0 Å². The van der Waals surface area contributed by atoms with Crippen LogP contribution in [0.25, 0.3) is 5.57 Å². The highest BCUT2D eigenvalue weighted by Gasteiger charge is 2.57. The van der Waals surface area contributed by atoms with Crippen LogP contribution in [0.3, 0.4) is 0 Å². The van der Waals surface area contributed by atoms with E-state index in [1.54, 1.807) is 0 Å². The van der Waals surface area contributed by atoms with E-state index < -0.39 is 11.2 Å². The van der Waals surface area contributed by atoms with Crippen molar-refractivity contribution < 1.29 is 19.0 Å². The second-order valence-electron chi connectivity index (χ2n) is 7.04. The summed E-state index contributed by atoms with van der Waals surface area (Å²) in [6, 6.07) is 5.81. The van der Waals surface area contributed by atoms with Crippen molar-refractivity contribution in [3.05, 3.63) is 40.4 Å². The lowest BCUT2D eigenvalue weighted by molar-refractivity contribution is -0.160. The van der Waals surface area contributed by atoms with Gasteiger partial charge in [-0.15, -0.1) is 0 Å². The largest absolute Gasteiger partial charge is 0.468 e. The lowest BCUT2D eigenvalue weighted by Crippen LogP contribution is -2.42. The molecule has 0 saturated carbocycles. The summed E-state index contributed by atoms with van der Waals surface area (Å²) in [5.41, 5.74) is 2.22. The number of carbonyl (C=O) groups is 1. The van der Waals surface area contributed by atoms with Crippen molar-refractivity contribution in [1.29, 1.82) is 0 Å². The van der Waals surface area contributed by atoms with Crippen LogP contribution < -0.4 is 0 Å². The van der Waals surface area contributed by atoms with E-state index in [9.17, 15) is 4.79 Å². The van der Waals surface area contributed by atoms with E-state index >= 15 is 0 Å². The second kappa shape index (κ2) is 5.32. The van der Waals surface area contributed by atoms with Gasteiger partial charge in [-0.05, 0) is 50.0 Å². The first-order valence-corrected chi connectivity index (χ1v) is 8.74. The minimum atomic E-state index is -0.771. The molecule has 1 spiro atoms. The van der Waals surface area contributed by atoms with Crippen molar-refractivity contribution in [3.63, 3.8) is 0 Å². The van der Waals surface area contributed by atoms with E-state index in [1.807, 2.05) is 38.1 Å². The molecular formula is C19H21ClO4. The third-order valence-electron chi connectivity index (χ3n) is 5.65. The van der Waals surface area contributed by atoms with Crippen molar-refractivity contribution in [2.24, 2.45) is 5.41 Å². The number of rotatable bonds is 1. The fraction of sp³-hybridized carbons (Fsp3) is 0.526. The molecule has 1 saturated heterocycles. The normalized spacial score (nSPS) is 37.1. The Bertz CT molecular complexity index is 731. The lowest BCUT2D eigenvalue weighted by Gasteiger charge is -2.38. The fourth-order valence-electron chi connectivity index (χ4n) is 4.30. The van der Waals surface area contributed by atoms with E-state index in [4.69, 9.17) is 25.8 Å². The predicted molar refractivity (Wildman–Crippen MR) is 90.6 cm³/mol. The van der Waals surface area contributed by atoms with Gasteiger partial charge in [-0.2, -0.15) is 0 Å². The molecule has 0 aromatic heterocycles. The molecule has 3 atom stereocenters. The molecule has 0 bridgehead atoms. The van der Waals surface area contributed by atoms with Crippen LogP contribution >= 0.6 is 11.6 Å². The molecule has 5 heteroatoms. The van der Waals surface area contributed by atoms with Crippen LogP contribution in [-0.4, -0.2) is 31.1 Å². The molecule has 3 unspecified atom stereocenters. The SMILES string of the molecule is COC(=O)C12CCC3(C=C1c1c(Cl)cccc1C2)OC(C)C(C)O3. The maximum atomic E-state index is 12.7. The molecule has 1 aromatic carbocycles. The number of esters is 1. The molecule has 1 heterocycles. The number of benzene rings is 1. The summed E-state index contributed by atoms with van der Waals surface area (Å²) in [4.78, 5) is 12.7. The molecule has 1 fully saturated rings. The molecule has 2 aliphatic carbocycles. The Labute approximate surface area is 146 Å². The first-order chi connectivity index (χ1) is 11.4. The first-order valence-electron chi connectivity index (χ1n) is 8.36. The van der Waals surface area contributed by atoms with Gasteiger partial charge in [0.2, 0.25) is 0 Å². The van der Waals surface area contributed by atoms with Crippen LogP contribution in [-0.2, 0) is 25.4 Å². The maximum absolute atomic E-state index is 12.7. The number of ether oxygens (including phenoxy) is 3. The van der Waals surface area contributed by atoms with Crippen molar-refractivity contribution in [3.8, 4) is 0 Å². The maximum Gasteiger partial charge on any atom is 0.316 e. The number of carbonyl (C=O) groups excluding carboxylic acids is 1. The Kier molecular flexibility index (Phi) is 3.57. The number of fused-ring (bicyclic) bond motifs is 3. The molecular weight excluding hydrogens is 328 g/mol. The fourth-order valence-corrected chi connectivity index (χ4v) is 4.60. The summed E-state index contributed by atoms with van der Waals surface area (Å²) in [6.45, 7) is 4.02. The molecule has 0 amide bonds. The highest BCUT2D eigenvalue weighted by molar-refractivity contribution is 6.33. The minimum Gasteiger partial charge on any atom is -0.468 e. The van der Waals surface area contributed by atoms with E-state index in [-0.39, 0.29) is 18.2 Å². The van der Waals surface area contributed by atoms with Gasteiger partial charge >= 0.3 is 5.97 Å². The van der Waals surface area contributed by atoms with Crippen LogP contribution in [0.4, 0.5) is 0 Å². The summed E-state index contributed by atoms with van der Waals surface area (Å²) in [5, 5.41) is 0.653. The average Bonchev–Trinajstić information content (AvgIpc) is 3.03. The number of halogens is 1. The number of hydrogen-bond donors (Lipinski definition) is 0. The molecule has 3 aliphatic rings. The standard InChI is InChI=1S/C19H21ClO4/c1-11-12(2)24-19(23-11)8-7-18(17(21)22-3)9-13-5-4-6-15(20)16(13)14(18)10-19/h4-6,10-12H,7-9H2,1-3H3. The molecule has 24 heavy (non-hydrogen) atoms. The zero-order valence-electron chi connectivity index (χ0n) is 14.1. The highest BCUT2D eigenvalue weighted by Crippen LogP contribution is 2.57. The average molecular weight is 349 g/mol. The Balaban J connectivity index is 1.89. The lowest BCUT2D eigenvalue weighted by atomic mass is 9.71. The van der Waals surface area contributed by atoms with Gasteiger partial charge in [-0.3, -0.25) is 4.79 Å².